The van der Waals surface area contributed by atoms with Gasteiger partial charge in [-0.3, -0.25) is 4.98 Å². The second-order valence-electron chi connectivity index (χ2n) is 3.01. The predicted molar refractivity (Wildman–Crippen MR) is 49.8 cm³/mol. The molecule has 3 nitrogen and oxygen atoms in total. The smallest absolute Gasteiger partial charge is 0.342 e. The predicted octanol–water partition coefficient (Wildman–Crippen LogP) is 2.64. The first-order chi connectivity index (χ1) is 7.47. The van der Waals surface area contributed by atoms with Crippen LogP contribution < -0.4 is 0 Å². The molecule has 0 N–H and O–H groups in total. The average Bonchev–Trinajstić information content (AvgIpc) is 2.16. The van der Waals surface area contributed by atoms with Crippen LogP contribution in [0.25, 0.3) is 0 Å². The van der Waals surface area contributed by atoms with Crippen LogP contribution in [-0.2, 0) is 4.74 Å². The lowest BCUT2D eigenvalue weighted by Crippen LogP contribution is -2.12. The van der Waals surface area contributed by atoms with Gasteiger partial charge >= 0.3 is 5.97 Å². The van der Waals surface area contributed by atoms with Gasteiger partial charge < -0.3 is 4.74 Å². The molecule has 88 valence electrons. The van der Waals surface area contributed by atoms with E-state index in [0.29, 0.717) is 6.07 Å². The Morgan fingerprint density at radius 1 is 1.56 bits per heavy atom. The number of carbonyl (C=O) groups excluding carboxylic acids is 1. The molecule has 0 radical (unpaired) electrons. The van der Waals surface area contributed by atoms with E-state index < -0.39 is 29.5 Å². The number of hydrogen-bond acceptors (Lipinski definition) is 3. The number of ether oxygens (including phenoxy) is 1. The molecule has 0 fully saturated rings. The zero-order valence-electron chi connectivity index (χ0n) is 8.76. The van der Waals surface area contributed by atoms with Gasteiger partial charge in [-0.15, -0.1) is 0 Å². The van der Waals surface area contributed by atoms with Crippen LogP contribution in [0.4, 0.5) is 13.2 Å². The molecule has 1 aromatic heterocycles. The van der Waals surface area contributed by atoms with Crippen LogP contribution in [0.3, 0.4) is 0 Å². The molecule has 0 aromatic carbocycles. The molecule has 0 saturated carbocycles. The molecule has 0 aliphatic rings. The van der Waals surface area contributed by atoms with Crippen molar-refractivity contribution in [2.45, 2.75) is 20.3 Å². The van der Waals surface area contributed by atoms with Gasteiger partial charge in [0.2, 0.25) is 0 Å². The zero-order chi connectivity index (χ0) is 12.3. The second-order valence-corrected chi connectivity index (χ2v) is 3.01. The molecular formula is C10H10F3NO2. The summed E-state index contributed by atoms with van der Waals surface area (Å²) >= 11 is 0. The normalized spacial score (nSPS) is 10.6. The highest BCUT2D eigenvalue weighted by atomic mass is 19.3. The highest BCUT2D eigenvalue weighted by molar-refractivity contribution is 5.90. The molecule has 0 unspecified atom stereocenters. The quantitative estimate of drug-likeness (QED) is 0.753. The van der Waals surface area contributed by atoms with Crippen molar-refractivity contribution in [3.05, 3.63) is 28.8 Å². The minimum atomic E-state index is -2.87. The Morgan fingerprint density at radius 2 is 2.19 bits per heavy atom. The number of hydrogen-bond donors (Lipinski definition) is 0. The number of pyridine rings is 1. The Kier molecular flexibility index (Phi) is 3.87. The summed E-state index contributed by atoms with van der Waals surface area (Å²) in [5.41, 5.74) is -1.19. The van der Waals surface area contributed by atoms with Crippen LogP contribution in [0.2, 0.25) is 0 Å². The standard InChI is InChI=1S/C10H10F3NO2/c1-3-16-10(15)8-5(2)14-7(9(12)13)4-6(8)11/h4,9H,3H2,1-2H3. The summed E-state index contributed by atoms with van der Waals surface area (Å²) in [6.45, 7) is 2.92. The minimum absolute atomic E-state index is 0.0777. The highest BCUT2D eigenvalue weighted by Crippen LogP contribution is 2.21. The van der Waals surface area contributed by atoms with Crippen LogP contribution in [-0.4, -0.2) is 17.6 Å². The molecule has 16 heavy (non-hydrogen) atoms. The summed E-state index contributed by atoms with van der Waals surface area (Å²) in [6, 6.07) is 0.546. The lowest BCUT2D eigenvalue weighted by molar-refractivity contribution is 0.0518. The third-order valence-corrected chi connectivity index (χ3v) is 1.88. The van der Waals surface area contributed by atoms with Gasteiger partial charge in [0.25, 0.3) is 6.43 Å². The molecule has 0 atom stereocenters. The third kappa shape index (κ3) is 2.50. The van der Waals surface area contributed by atoms with E-state index in [1.165, 1.54) is 6.92 Å². The maximum absolute atomic E-state index is 13.4. The molecule has 1 aromatic rings. The number of aryl methyl sites for hydroxylation is 1. The molecule has 1 rings (SSSR count). The first-order valence-electron chi connectivity index (χ1n) is 4.59. The van der Waals surface area contributed by atoms with E-state index in [-0.39, 0.29) is 12.3 Å². The second kappa shape index (κ2) is 4.96. The van der Waals surface area contributed by atoms with Gasteiger partial charge in [-0.25, -0.2) is 18.0 Å². The summed E-state index contributed by atoms with van der Waals surface area (Å²) in [6.07, 6.45) is -2.87. The van der Waals surface area contributed by atoms with E-state index in [2.05, 4.69) is 9.72 Å². The van der Waals surface area contributed by atoms with Crippen molar-refractivity contribution in [2.75, 3.05) is 6.61 Å². The number of halogens is 3. The average molecular weight is 233 g/mol. The van der Waals surface area contributed by atoms with Crippen molar-refractivity contribution in [3.63, 3.8) is 0 Å². The van der Waals surface area contributed by atoms with Crippen LogP contribution in [0.1, 0.15) is 35.1 Å². The molecule has 0 spiro atoms. The summed E-state index contributed by atoms with van der Waals surface area (Å²) in [4.78, 5) is 14.7. The lowest BCUT2D eigenvalue weighted by atomic mass is 10.1. The summed E-state index contributed by atoms with van der Waals surface area (Å²) in [7, 11) is 0. The van der Waals surface area contributed by atoms with E-state index >= 15 is 0 Å². The first-order valence-corrected chi connectivity index (χ1v) is 4.59. The van der Waals surface area contributed by atoms with Crippen molar-refractivity contribution in [3.8, 4) is 0 Å². The number of aromatic nitrogens is 1. The van der Waals surface area contributed by atoms with Gasteiger partial charge in [0, 0.05) is 6.07 Å². The number of alkyl halides is 2. The Morgan fingerprint density at radius 3 is 2.62 bits per heavy atom. The molecule has 0 aliphatic carbocycles. The summed E-state index contributed by atoms with van der Waals surface area (Å²) in [5.74, 6) is -1.94. The van der Waals surface area contributed by atoms with Crippen molar-refractivity contribution in [2.24, 2.45) is 0 Å². The Balaban J connectivity index is 3.17. The van der Waals surface area contributed by atoms with Crippen molar-refractivity contribution < 1.29 is 22.7 Å². The fraction of sp³-hybridized carbons (Fsp3) is 0.400. The van der Waals surface area contributed by atoms with Crippen molar-refractivity contribution in [1.29, 1.82) is 0 Å². The van der Waals surface area contributed by atoms with Gasteiger partial charge in [0.05, 0.1) is 12.3 Å². The number of nitrogens with zero attached hydrogens (tertiary/aromatic N) is 1. The van der Waals surface area contributed by atoms with Gasteiger partial charge in [-0.2, -0.15) is 0 Å². The van der Waals surface area contributed by atoms with Gasteiger partial charge in [-0.1, -0.05) is 0 Å². The third-order valence-electron chi connectivity index (χ3n) is 1.88. The Hall–Kier alpha value is -1.59. The molecule has 6 heteroatoms. The van der Waals surface area contributed by atoms with Gasteiger partial charge in [0.15, 0.2) is 0 Å². The van der Waals surface area contributed by atoms with Gasteiger partial charge in [-0.05, 0) is 13.8 Å². The van der Waals surface area contributed by atoms with E-state index in [1.54, 1.807) is 6.92 Å². The molecule has 1 heterocycles. The summed E-state index contributed by atoms with van der Waals surface area (Å²) < 4.78 is 42.5. The van der Waals surface area contributed by atoms with Crippen LogP contribution in [0.15, 0.2) is 6.07 Å². The summed E-state index contributed by atoms with van der Waals surface area (Å²) in [5, 5.41) is 0. The maximum atomic E-state index is 13.4. The number of carbonyl (C=O) groups is 1. The van der Waals surface area contributed by atoms with Crippen molar-refractivity contribution >= 4 is 5.97 Å². The number of rotatable bonds is 3. The minimum Gasteiger partial charge on any atom is -0.462 e. The van der Waals surface area contributed by atoms with Gasteiger partial charge in [0.1, 0.15) is 17.1 Å². The van der Waals surface area contributed by atoms with Crippen LogP contribution in [0, 0.1) is 12.7 Å². The van der Waals surface area contributed by atoms with E-state index in [9.17, 15) is 18.0 Å². The van der Waals surface area contributed by atoms with Crippen LogP contribution >= 0.6 is 0 Å². The monoisotopic (exact) mass is 233 g/mol. The molecular weight excluding hydrogens is 223 g/mol. The lowest BCUT2D eigenvalue weighted by Gasteiger charge is -2.08. The fourth-order valence-electron chi connectivity index (χ4n) is 1.22. The maximum Gasteiger partial charge on any atom is 0.342 e. The van der Waals surface area contributed by atoms with E-state index in [0.717, 1.165) is 0 Å². The number of esters is 1. The Labute approximate surface area is 90.2 Å². The zero-order valence-corrected chi connectivity index (χ0v) is 8.76. The van der Waals surface area contributed by atoms with Crippen molar-refractivity contribution in [1.82, 2.24) is 4.98 Å². The van der Waals surface area contributed by atoms with E-state index in [1.807, 2.05) is 0 Å². The topological polar surface area (TPSA) is 39.2 Å². The first kappa shape index (κ1) is 12.5. The fourth-order valence-corrected chi connectivity index (χ4v) is 1.22. The molecule has 0 bridgehead atoms. The van der Waals surface area contributed by atoms with Crippen LogP contribution in [0.5, 0.6) is 0 Å². The largest absolute Gasteiger partial charge is 0.462 e. The van der Waals surface area contributed by atoms with E-state index in [4.69, 9.17) is 0 Å². The molecule has 0 saturated heterocycles. The SMILES string of the molecule is CCOC(=O)c1c(F)cc(C(F)F)nc1C. The Bertz CT molecular complexity index is 384. The molecule has 0 aliphatic heterocycles. The highest BCUT2D eigenvalue weighted by Gasteiger charge is 2.21. The molecule has 0 amide bonds.